The van der Waals surface area contributed by atoms with E-state index in [4.69, 9.17) is 0 Å². The van der Waals surface area contributed by atoms with E-state index in [1.54, 1.807) is 0 Å². The third-order valence-corrected chi connectivity index (χ3v) is 4.74. The minimum Gasteiger partial charge on any atom is -0.391 e. The zero-order valence-corrected chi connectivity index (χ0v) is 15.2. The smallest absolute Gasteiger partial charge is 0.222 e. The van der Waals surface area contributed by atoms with E-state index < -0.39 is 0 Å². The topological polar surface area (TPSA) is 40.5 Å². The summed E-state index contributed by atoms with van der Waals surface area (Å²) in [5.41, 5.74) is 0. The van der Waals surface area contributed by atoms with Crippen LogP contribution < -0.4 is 0 Å². The van der Waals surface area contributed by atoms with E-state index in [-0.39, 0.29) is 12.5 Å². The van der Waals surface area contributed by atoms with Crippen LogP contribution in [0, 0.1) is 0 Å². The fraction of sp³-hybridized carbons (Fsp3) is 0.833. The van der Waals surface area contributed by atoms with Gasteiger partial charge in [0.2, 0.25) is 5.91 Å². The lowest BCUT2D eigenvalue weighted by Gasteiger charge is -2.38. The molecule has 0 saturated heterocycles. The van der Waals surface area contributed by atoms with E-state index in [1.807, 2.05) is 11.8 Å². The molecule has 0 bridgehead atoms. The van der Waals surface area contributed by atoms with E-state index in [2.05, 4.69) is 32.9 Å². The standard InChI is InChI=1S/C18H37N2O2/c1-5-9-10-11-12-13-18(22)19(6-2)14-15-20(7-3,8-4)16-17-21/h5,9,21H,6-8,10-17H2,1-4H3/q+1/b9-5+. The minimum atomic E-state index is 0.215. The first kappa shape index (κ1) is 21.1. The number of likely N-dealkylation sites (N-methyl/N-ethyl adjacent to an activating group) is 2. The summed E-state index contributed by atoms with van der Waals surface area (Å²) in [6, 6.07) is 0. The third kappa shape index (κ3) is 7.95. The summed E-state index contributed by atoms with van der Waals surface area (Å²) in [6.45, 7) is 13.9. The number of aliphatic hydroxyl groups excluding tert-OH is 1. The molecule has 0 aliphatic heterocycles. The Balaban J connectivity index is 4.30. The summed E-state index contributed by atoms with van der Waals surface area (Å²) < 4.78 is 0.890. The quantitative estimate of drug-likeness (QED) is 0.323. The number of hydrogen-bond donors (Lipinski definition) is 1. The van der Waals surface area contributed by atoms with Crippen molar-refractivity contribution >= 4 is 5.91 Å². The van der Waals surface area contributed by atoms with Crippen molar-refractivity contribution in [3.8, 4) is 0 Å². The monoisotopic (exact) mass is 313 g/mol. The van der Waals surface area contributed by atoms with Crippen LogP contribution in [0.15, 0.2) is 12.2 Å². The zero-order valence-electron chi connectivity index (χ0n) is 15.2. The predicted molar refractivity (Wildman–Crippen MR) is 93.7 cm³/mol. The molecule has 0 spiro atoms. The van der Waals surface area contributed by atoms with Crippen molar-refractivity contribution in [2.45, 2.75) is 53.4 Å². The van der Waals surface area contributed by atoms with E-state index in [0.717, 1.165) is 63.0 Å². The molecule has 0 aromatic rings. The maximum atomic E-state index is 12.3. The first-order valence-electron chi connectivity index (χ1n) is 8.94. The van der Waals surface area contributed by atoms with Crippen molar-refractivity contribution in [3.63, 3.8) is 0 Å². The van der Waals surface area contributed by atoms with Gasteiger partial charge in [-0.05, 0) is 47.0 Å². The summed E-state index contributed by atoms with van der Waals surface area (Å²) in [7, 11) is 0. The number of allylic oxidation sites excluding steroid dienone is 2. The van der Waals surface area contributed by atoms with Gasteiger partial charge in [0.05, 0.1) is 32.8 Å². The maximum absolute atomic E-state index is 12.3. The number of amides is 1. The van der Waals surface area contributed by atoms with E-state index in [0.29, 0.717) is 6.42 Å². The molecule has 1 N–H and O–H groups in total. The number of carbonyl (C=O) groups excluding carboxylic acids is 1. The van der Waals surface area contributed by atoms with Crippen molar-refractivity contribution in [1.29, 1.82) is 0 Å². The van der Waals surface area contributed by atoms with E-state index in [1.165, 1.54) is 0 Å². The largest absolute Gasteiger partial charge is 0.391 e. The van der Waals surface area contributed by atoms with Gasteiger partial charge >= 0.3 is 0 Å². The Morgan fingerprint density at radius 1 is 1.14 bits per heavy atom. The second-order valence-electron chi connectivity index (χ2n) is 5.93. The molecule has 0 heterocycles. The molecular weight excluding hydrogens is 276 g/mol. The van der Waals surface area contributed by atoms with Gasteiger partial charge < -0.3 is 14.5 Å². The van der Waals surface area contributed by atoms with Crippen LogP contribution in [-0.2, 0) is 4.79 Å². The van der Waals surface area contributed by atoms with E-state index in [9.17, 15) is 9.90 Å². The van der Waals surface area contributed by atoms with Gasteiger partial charge in [-0.15, -0.1) is 0 Å². The van der Waals surface area contributed by atoms with Crippen molar-refractivity contribution in [1.82, 2.24) is 4.90 Å². The lowest BCUT2D eigenvalue weighted by molar-refractivity contribution is -0.924. The fourth-order valence-electron chi connectivity index (χ4n) is 2.84. The molecule has 0 saturated carbocycles. The maximum Gasteiger partial charge on any atom is 0.222 e. The SMILES string of the molecule is C/C=C/CCCCC(=O)N(CC)CC[N+](CC)(CC)CCO. The lowest BCUT2D eigenvalue weighted by Crippen LogP contribution is -2.53. The van der Waals surface area contributed by atoms with Crippen LogP contribution in [-0.4, -0.2) is 66.3 Å². The highest BCUT2D eigenvalue weighted by Gasteiger charge is 2.24. The number of hydrogen-bond acceptors (Lipinski definition) is 2. The van der Waals surface area contributed by atoms with Gasteiger partial charge in [-0.25, -0.2) is 0 Å². The Hall–Kier alpha value is -0.870. The van der Waals surface area contributed by atoms with Crippen LogP contribution >= 0.6 is 0 Å². The molecule has 0 aromatic carbocycles. The fourth-order valence-corrected chi connectivity index (χ4v) is 2.84. The molecule has 0 unspecified atom stereocenters. The molecule has 0 aromatic heterocycles. The van der Waals surface area contributed by atoms with Crippen LogP contribution in [0.5, 0.6) is 0 Å². The van der Waals surface area contributed by atoms with E-state index >= 15 is 0 Å². The van der Waals surface area contributed by atoms with Crippen molar-refractivity contribution < 1.29 is 14.4 Å². The summed E-state index contributed by atoms with van der Waals surface area (Å²) in [5, 5.41) is 9.28. The predicted octanol–water partition coefficient (Wildman–Crippen LogP) is 2.82. The normalized spacial score (nSPS) is 12.0. The van der Waals surface area contributed by atoms with Gasteiger partial charge in [0.25, 0.3) is 0 Å². The van der Waals surface area contributed by atoms with Crippen LogP contribution in [0.25, 0.3) is 0 Å². The third-order valence-electron chi connectivity index (χ3n) is 4.74. The lowest BCUT2D eigenvalue weighted by atomic mass is 10.1. The molecular formula is C18H37N2O2+. The first-order chi connectivity index (χ1) is 10.6. The molecule has 0 fully saturated rings. The van der Waals surface area contributed by atoms with Crippen LogP contribution in [0.2, 0.25) is 0 Å². The first-order valence-corrected chi connectivity index (χ1v) is 8.94. The number of quaternary nitrogens is 1. The number of aliphatic hydroxyl groups is 1. The van der Waals surface area contributed by atoms with Gasteiger partial charge in [0.1, 0.15) is 6.54 Å². The van der Waals surface area contributed by atoms with Crippen LogP contribution in [0.1, 0.15) is 53.4 Å². The molecule has 0 radical (unpaired) electrons. The zero-order chi connectivity index (χ0) is 16.8. The number of nitrogens with zero attached hydrogens (tertiary/aromatic N) is 2. The molecule has 4 heteroatoms. The average Bonchev–Trinajstić information content (AvgIpc) is 2.54. The summed E-state index contributed by atoms with van der Waals surface area (Å²) >= 11 is 0. The van der Waals surface area contributed by atoms with Crippen LogP contribution in [0.4, 0.5) is 0 Å². The van der Waals surface area contributed by atoms with Gasteiger partial charge in [-0.3, -0.25) is 4.79 Å². The molecule has 0 rings (SSSR count). The Bertz CT molecular complexity index is 312. The molecule has 0 aliphatic rings. The summed E-state index contributed by atoms with van der Waals surface area (Å²) in [6.07, 6.45) is 8.00. The van der Waals surface area contributed by atoms with Gasteiger partial charge in [-0.2, -0.15) is 0 Å². The number of rotatable bonds is 13. The molecule has 0 atom stereocenters. The molecule has 1 amide bonds. The second-order valence-corrected chi connectivity index (χ2v) is 5.93. The van der Waals surface area contributed by atoms with Gasteiger partial charge in [0, 0.05) is 13.0 Å². The Morgan fingerprint density at radius 2 is 1.82 bits per heavy atom. The minimum absolute atomic E-state index is 0.215. The molecule has 22 heavy (non-hydrogen) atoms. The molecule has 4 nitrogen and oxygen atoms in total. The highest BCUT2D eigenvalue weighted by Crippen LogP contribution is 2.09. The Kier molecular flexibility index (Phi) is 12.2. The van der Waals surface area contributed by atoms with Crippen molar-refractivity contribution in [2.24, 2.45) is 0 Å². The average molecular weight is 314 g/mol. The highest BCUT2D eigenvalue weighted by molar-refractivity contribution is 5.76. The summed E-state index contributed by atoms with van der Waals surface area (Å²) in [5.74, 6) is 0.275. The molecule has 130 valence electrons. The Morgan fingerprint density at radius 3 is 2.32 bits per heavy atom. The summed E-state index contributed by atoms with van der Waals surface area (Å²) in [4.78, 5) is 14.3. The van der Waals surface area contributed by atoms with Crippen molar-refractivity contribution in [3.05, 3.63) is 12.2 Å². The highest BCUT2D eigenvalue weighted by atomic mass is 16.3. The van der Waals surface area contributed by atoms with Crippen LogP contribution in [0.3, 0.4) is 0 Å². The molecule has 0 aliphatic carbocycles. The van der Waals surface area contributed by atoms with Gasteiger partial charge in [-0.1, -0.05) is 12.2 Å². The Labute approximate surface area is 137 Å². The second kappa shape index (κ2) is 12.7. The number of carbonyl (C=O) groups is 1. The number of unbranched alkanes of at least 4 members (excludes halogenated alkanes) is 2. The van der Waals surface area contributed by atoms with Gasteiger partial charge in [0.15, 0.2) is 0 Å². The van der Waals surface area contributed by atoms with Crippen molar-refractivity contribution in [2.75, 3.05) is 45.9 Å².